The Morgan fingerprint density at radius 2 is 1.91 bits per heavy atom. The van der Waals surface area contributed by atoms with Gasteiger partial charge in [-0.25, -0.2) is 8.42 Å². The maximum Gasteiger partial charge on any atom is 0.252 e. The topological polar surface area (TPSA) is 66.5 Å². The summed E-state index contributed by atoms with van der Waals surface area (Å²) < 4.78 is 26.1. The van der Waals surface area contributed by atoms with E-state index in [1.165, 1.54) is 19.2 Å². The number of likely N-dealkylation sites (N-methyl/N-ethyl adjacent to an activating group) is 1. The van der Waals surface area contributed by atoms with E-state index in [1.807, 2.05) is 18.4 Å². The van der Waals surface area contributed by atoms with Gasteiger partial charge in [-0.05, 0) is 42.7 Å². The predicted molar refractivity (Wildman–Crippen MR) is 96.0 cm³/mol. The molecule has 1 aromatic carbocycles. The van der Waals surface area contributed by atoms with Gasteiger partial charge in [-0.1, -0.05) is 11.6 Å². The van der Waals surface area contributed by atoms with E-state index in [0.29, 0.717) is 10.0 Å². The normalized spacial score (nSPS) is 11.7. The molecule has 124 valence electrons. The van der Waals surface area contributed by atoms with Crippen molar-refractivity contribution in [3.05, 3.63) is 40.7 Å². The molecule has 2 aromatic rings. The zero-order valence-electron chi connectivity index (χ0n) is 12.4. The van der Waals surface area contributed by atoms with Gasteiger partial charge in [-0.15, -0.1) is 23.1 Å². The first-order valence-corrected chi connectivity index (χ1v) is 10.3. The van der Waals surface area contributed by atoms with Crippen molar-refractivity contribution in [1.82, 2.24) is 4.31 Å². The molecule has 1 heterocycles. The van der Waals surface area contributed by atoms with Crippen molar-refractivity contribution in [2.75, 3.05) is 25.2 Å². The molecule has 0 bridgehead atoms. The highest BCUT2D eigenvalue weighted by atomic mass is 35.5. The molecule has 0 unspecified atom stereocenters. The summed E-state index contributed by atoms with van der Waals surface area (Å²) >= 11 is 8.32. The summed E-state index contributed by atoms with van der Waals surface area (Å²) in [5.41, 5.74) is 0.623. The number of thiophene rings is 1. The number of nitrogens with zero attached hydrogens (tertiary/aromatic N) is 1. The summed E-state index contributed by atoms with van der Waals surface area (Å²) in [5, 5.41) is 2.68. The number of sulfonamides is 1. The van der Waals surface area contributed by atoms with Gasteiger partial charge in [0.2, 0.25) is 5.91 Å². The van der Waals surface area contributed by atoms with Crippen LogP contribution in [0.15, 0.2) is 45.5 Å². The molecule has 5 nitrogen and oxygen atoms in total. The smallest absolute Gasteiger partial charge is 0.252 e. The molecule has 1 aromatic heterocycles. The van der Waals surface area contributed by atoms with Crippen LogP contribution in [0.5, 0.6) is 0 Å². The van der Waals surface area contributed by atoms with E-state index >= 15 is 0 Å². The lowest BCUT2D eigenvalue weighted by molar-refractivity contribution is -0.116. The third-order valence-corrected chi connectivity index (χ3v) is 7.20. The van der Waals surface area contributed by atoms with Gasteiger partial charge in [0.25, 0.3) is 10.0 Å². The number of anilines is 1. The summed E-state index contributed by atoms with van der Waals surface area (Å²) in [6.45, 7) is -0.276. The molecule has 0 fully saturated rings. The van der Waals surface area contributed by atoms with E-state index in [1.54, 1.807) is 23.9 Å². The molecule has 0 aliphatic heterocycles. The van der Waals surface area contributed by atoms with Crippen LogP contribution < -0.4 is 5.32 Å². The highest BCUT2D eigenvalue weighted by molar-refractivity contribution is 7.98. The number of thioether (sulfide) groups is 1. The Balaban J connectivity index is 2.01. The first kappa shape index (κ1) is 18.3. The second-order valence-electron chi connectivity index (χ2n) is 4.60. The van der Waals surface area contributed by atoms with Crippen LogP contribution in [-0.2, 0) is 14.8 Å². The number of hydrogen-bond acceptors (Lipinski definition) is 5. The van der Waals surface area contributed by atoms with E-state index < -0.39 is 15.9 Å². The van der Waals surface area contributed by atoms with Crippen molar-refractivity contribution in [2.24, 2.45) is 0 Å². The van der Waals surface area contributed by atoms with Gasteiger partial charge >= 0.3 is 0 Å². The Bertz CT molecular complexity index is 788. The number of rotatable bonds is 6. The zero-order valence-corrected chi connectivity index (χ0v) is 15.7. The first-order valence-electron chi connectivity index (χ1n) is 6.48. The SMILES string of the molecule is CSc1ccc(NC(=O)CN(C)S(=O)(=O)c2ccc(Cl)s2)cc1. The molecular weight excluding hydrogens is 376 g/mol. The van der Waals surface area contributed by atoms with Crippen molar-refractivity contribution in [3.8, 4) is 0 Å². The minimum absolute atomic E-state index is 0.113. The van der Waals surface area contributed by atoms with Crippen LogP contribution in [0, 0.1) is 0 Å². The van der Waals surface area contributed by atoms with Gasteiger partial charge in [0.15, 0.2) is 0 Å². The number of carbonyl (C=O) groups is 1. The van der Waals surface area contributed by atoms with Gasteiger partial charge in [-0.3, -0.25) is 4.79 Å². The molecule has 1 amide bonds. The van der Waals surface area contributed by atoms with Gasteiger partial charge < -0.3 is 5.32 Å². The minimum atomic E-state index is -3.71. The van der Waals surface area contributed by atoms with Gasteiger partial charge in [0.1, 0.15) is 4.21 Å². The van der Waals surface area contributed by atoms with E-state index in [4.69, 9.17) is 11.6 Å². The molecule has 0 atom stereocenters. The van der Waals surface area contributed by atoms with E-state index in [2.05, 4.69) is 5.32 Å². The van der Waals surface area contributed by atoms with Crippen molar-refractivity contribution in [3.63, 3.8) is 0 Å². The predicted octanol–water partition coefficient (Wildman–Crippen LogP) is 3.38. The quantitative estimate of drug-likeness (QED) is 0.768. The number of amides is 1. The summed E-state index contributed by atoms with van der Waals surface area (Å²) in [5.74, 6) is -0.407. The Hall–Kier alpha value is -1.06. The maximum atomic E-state index is 12.3. The van der Waals surface area contributed by atoms with Crippen LogP contribution in [0.3, 0.4) is 0 Å². The number of hydrogen-bond donors (Lipinski definition) is 1. The number of benzene rings is 1. The standard InChI is InChI=1S/C14H15ClN2O3S3/c1-17(23(19,20)14-8-7-12(15)22-14)9-13(18)16-10-3-5-11(21-2)6-4-10/h3-8H,9H2,1-2H3,(H,16,18). The molecule has 0 saturated carbocycles. The summed E-state index contributed by atoms with van der Waals surface area (Å²) in [4.78, 5) is 13.1. The fraction of sp³-hybridized carbons (Fsp3) is 0.214. The molecule has 0 spiro atoms. The zero-order chi connectivity index (χ0) is 17.0. The minimum Gasteiger partial charge on any atom is -0.325 e. The molecular formula is C14H15ClN2O3S3. The van der Waals surface area contributed by atoms with Crippen LogP contribution in [0.25, 0.3) is 0 Å². The third-order valence-electron chi connectivity index (χ3n) is 2.95. The fourth-order valence-corrected chi connectivity index (χ4v) is 4.98. The number of carbonyl (C=O) groups excluding carboxylic acids is 1. The molecule has 0 radical (unpaired) electrons. The molecule has 23 heavy (non-hydrogen) atoms. The van der Waals surface area contributed by atoms with E-state index in [9.17, 15) is 13.2 Å². The average Bonchev–Trinajstić information content (AvgIpc) is 2.95. The number of halogens is 1. The second-order valence-corrected chi connectivity index (χ2v) is 9.46. The largest absolute Gasteiger partial charge is 0.325 e. The fourth-order valence-electron chi connectivity index (χ4n) is 1.75. The molecule has 0 aliphatic carbocycles. The Kier molecular flexibility index (Phi) is 6.10. The second kappa shape index (κ2) is 7.67. The summed E-state index contributed by atoms with van der Waals surface area (Å²) in [6.07, 6.45) is 1.96. The lowest BCUT2D eigenvalue weighted by atomic mass is 10.3. The highest BCUT2D eigenvalue weighted by Crippen LogP contribution is 2.27. The molecule has 0 saturated heterocycles. The lowest BCUT2D eigenvalue weighted by Gasteiger charge is -2.15. The van der Waals surface area contributed by atoms with Gasteiger partial charge in [-0.2, -0.15) is 4.31 Å². The summed E-state index contributed by atoms with van der Waals surface area (Å²) in [7, 11) is -2.35. The van der Waals surface area contributed by atoms with Crippen molar-refractivity contribution >= 4 is 56.3 Å². The maximum absolute atomic E-state index is 12.3. The third kappa shape index (κ3) is 4.71. The van der Waals surface area contributed by atoms with Crippen LogP contribution in [0.2, 0.25) is 4.34 Å². The molecule has 2 rings (SSSR count). The van der Waals surface area contributed by atoms with Crippen molar-refractivity contribution in [2.45, 2.75) is 9.10 Å². The monoisotopic (exact) mass is 390 g/mol. The van der Waals surface area contributed by atoms with Crippen LogP contribution >= 0.6 is 34.7 Å². The number of nitrogens with one attached hydrogen (secondary N) is 1. The lowest BCUT2D eigenvalue weighted by Crippen LogP contribution is -2.34. The molecule has 1 N–H and O–H groups in total. The Labute approximate surface area is 148 Å². The van der Waals surface area contributed by atoms with Crippen LogP contribution in [0.1, 0.15) is 0 Å². The van der Waals surface area contributed by atoms with Crippen molar-refractivity contribution < 1.29 is 13.2 Å². The molecule has 0 aliphatic rings. The van der Waals surface area contributed by atoms with Crippen LogP contribution in [0.4, 0.5) is 5.69 Å². The van der Waals surface area contributed by atoms with Gasteiger partial charge in [0, 0.05) is 17.6 Å². The average molecular weight is 391 g/mol. The first-order chi connectivity index (χ1) is 10.8. The highest BCUT2D eigenvalue weighted by Gasteiger charge is 2.24. The van der Waals surface area contributed by atoms with E-state index in [-0.39, 0.29) is 10.8 Å². The molecule has 9 heteroatoms. The van der Waals surface area contributed by atoms with Gasteiger partial charge in [0.05, 0.1) is 10.9 Å². The Morgan fingerprint density at radius 1 is 1.26 bits per heavy atom. The van der Waals surface area contributed by atoms with Crippen molar-refractivity contribution in [1.29, 1.82) is 0 Å². The van der Waals surface area contributed by atoms with E-state index in [0.717, 1.165) is 20.5 Å². The summed E-state index contributed by atoms with van der Waals surface area (Å²) in [6, 6.07) is 10.3. The van der Waals surface area contributed by atoms with Crippen LogP contribution in [-0.4, -0.2) is 38.5 Å². The Morgan fingerprint density at radius 3 is 2.43 bits per heavy atom.